The summed E-state index contributed by atoms with van der Waals surface area (Å²) in [5, 5.41) is 6.35. The van der Waals surface area contributed by atoms with Crippen LogP contribution in [0.1, 0.15) is 29.9 Å². The maximum Gasteiger partial charge on any atom is 0.315 e. The second-order valence-electron chi connectivity index (χ2n) is 6.61. The minimum atomic E-state index is -3.61. The van der Waals surface area contributed by atoms with Gasteiger partial charge in [-0.05, 0) is 37.6 Å². The monoisotopic (exact) mass is 428 g/mol. The molecule has 0 radical (unpaired) electrons. The Balaban J connectivity index is 1.49. The van der Waals surface area contributed by atoms with E-state index in [0.717, 1.165) is 25.2 Å². The first-order valence-corrected chi connectivity index (χ1v) is 11.3. The number of hydrogen-bond acceptors (Lipinski definition) is 7. The SMILES string of the molecule is CCN(CCCNC(=O)c1nc(CS(=O)(=O)c2ccccc2)no1)c1ccccc1. The first-order chi connectivity index (χ1) is 14.5. The van der Waals surface area contributed by atoms with E-state index in [2.05, 4.69) is 27.3 Å². The highest BCUT2D eigenvalue weighted by molar-refractivity contribution is 7.90. The summed E-state index contributed by atoms with van der Waals surface area (Å²) in [6.45, 7) is 4.16. The lowest BCUT2D eigenvalue weighted by atomic mass is 10.2. The molecule has 0 saturated carbocycles. The molecule has 1 heterocycles. The van der Waals surface area contributed by atoms with E-state index in [4.69, 9.17) is 4.52 Å². The smallest absolute Gasteiger partial charge is 0.315 e. The van der Waals surface area contributed by atoms with Crippen LogP contribution in [0.3, 0.4) is 0 Å². The van der Waals surface area contributed by atoms with E-state index in [9.17, 15) is 13.2 Å². The fourth-order valence-corrected chi connectivity index (χ4v) is 4.14. The highest BCUT2D eigenvalue weighted by Crippen LogP contribution is 2.15. The zero-order valence-corrected chi connectivity index (χ0v) is 17.5. The van der Waals surface area contributed by atoms with E-state index in [1.165, 1.54) is 12.1 Å². The normalized spacial score (nSPS) is 11.2. The summed E-state index contributed by atoms with van der Waals surface area (Å²) in [6.07, 6.45) is 0.734. The van der Waals surface area contributed by atoms with Crippen molar-refractivity contribution in [2.75, 3.05) is 24.5 Å². The van der Waals surface area contributed by atoms with Gasteiger partial charge < -0.3 is 14.7 Å². The standard InChI is InChI=1S/C21H24N4O4S/c1-2-25(17-10-5-3-6-11-17)15-9-14-22-20(26)21-23-19(24-29-21)16-30(27,28)18-12-7-4-8-13-18/h3-8,10-13H,2,9,14-16H2,1H3,(H,22,26). The number of carbonyl (C=O) groups excluding carboxylic acids is 1. The van der Waals surface area contributed by atoms with Crippen LogP contribution in [0, 0.1) is 0 Å². The van der Waals surface area contributed by atoms with Crippen LogP contribution in [0.2, 0.25) is 0 Å². The second kappa shape index (κ2) is 10.0. The van der Waals surface area contributed by atoms with Gasteiger partial charge in [0.05, 0.1) is 4.90 Å². The largest absolute Gasteiger partial charge is 0.372 e. The molecule has 0 unspecified atom stereocenters. The van der Waals surface area contributed by atoms with Gasteiger partial charge in [-0.3, -0.25) is 4.79 Å². The molecule has 1 aromatic heterocycles. The number of aromatic nitrogens is 2. The van der Waals surface area contributed by atoms with Gasteiger partial charge >= 0.3 is 11.8 Å². The number of anilines is 1. The molecule has 0 saturated heterocycles. The van der Waals surface area contributed by atoms with E-state index < -0.39 is 21.5 Å². The van der Waals surface area contributed by atoms with Gasteiger partial charge in [0.15, 0.2) is 15.7 Å². The van der Waals surface area contributed by atoms with E-state index in [-0.39, 0.29) is 16.6 Å². The molecule has 30 heavy (non-hydrogen) atoms. The van der Waals surface area contributed by atoms with Gasteiger partial charge in [-0.1, -0.05) is 41.6 Å². The van der Waals surface area contributed by atoms with Crippen molar-refractivity contribution in [1.82, 2.24) is 15.5 Å². The fourth-order valence-electron chi connectivity index (χ4n) is 2.94. The Morgan fingerprint density at radius 1 is 1.07 bits per heavy atom. The molecule has 2 aromatic carbocycles. The summed E-state index contributed by atoms with van der Waals surface area (Å²) in [7, 11) is -3.61. The number of sulfone groups is 1. The Morgan fingerprint density at radius 3 is 2.40 bits per heavy atom. The second-order valence-corrected chi connectivity index (χ2v) is 8.60. The molecule has 3 aromatic rings. The Hall–Kier alpha value is -3.20. The lowest BCUT2D eigenvalue weighted by Crippen LogP contribution is -2.30. The minimum Gasteiger partial charge on any atom is -0.372 e. The molecule has 0 bridgehead atoms. The van der Waals surface area contributed by atoms with Gasteiger partial charge in [0, 0.05) is 25.3 Å². The molecular weight excluding hydrogens is 404 g/mol. The Morgan fingerprint density at radius 2 is 1.73 bits per heavy atom. The fraction of sp³-hybridized carbons (Fsp3) is 0.286. The van der Waals surface area contributed by atoms with Gasteiger partial charge in [0.25, 0.3) is 0 Å². The van der Waals surface area contributed by atoms with Gasteiger partial charge in [-0.25, -0.2) is 8.42 Å². The summed E-state index contributed by atoms with van der Waals surface area (Å²) in [5.74, 6) is -1.25. The molecule has 0 aliphatic heterocycles. The van der Waals surface area contributed by atoms with Gasteiger partial charge in [0.2, 0.25) is 0 Å². The number of para-hydroxylation sites is 1. The van der Waals surface area contributed by atoms with Crippen molar-refractivity contribution < 1.29 is 17.7 Å². The molecule has 0 fully saturated rings. The maximum absolute atomic E-state index is 12.4. The van der Waals surface area contributed by atoms with Gasteiger partial charge in [0.1, 0.15) is 5.75 Å². The van der Waals surface area contributed by atoms with Crippen LogP contribution in [0.4, 0.5) is 5.69 Å². The Bertz CT molecular complexity index is 1050. The molecule has 0 aliphatic carbocycles. The van der Waals surface area contributed by atoms with Crippen molar-refractivity contribution >= 4 is 21.4 Å². The predicted octanol–water partition coefficient (Wildman–Crippen LogP) is 2.69. The first kappa shape index (κ1) is 21.5. The number of hydrogen-bond donors (Lipinski definition) is 1. The van der Waals surface area contributed by atoms with Crippen molar-refractivity contribution in [2.45, 2.75) is 24.0 Å². The Labute approximate surface area is 175 Å². The molecule has 9 heteroatoms. The summed E-state index contributed by atoms with van der Waals surface area (Å²) < 4.78 is 29.7. The summed E-state index contributed by atoms with van der Waals surface area (Å²) in [5.41, 5.74) is 1.13. The molecule has 1 amide bonds. The number of benzene rings is 2. The minimum absolute atomic E-state index is 0.0507. The zero-order chi connectivity index (χ0) is 21.4. The van der Waals surface area contributed by atoms with Gasteiger partial charge in [-0.15, -0.1) is 0 Å². The molecule has 158 valence electrons. The Kier molecular flexibility index (Phi) is 7.18. The highest BCUT2D eigenvalue weighted by atomic mass is 32.2. The third-order valence-electron chi connectivity index (χ3n) is 4.48. The molecular formula is C21H24N4O4S. The van der Waals surface area contributed by atoms with Crippen molar-refractivity contribution in [1.29, 1.82) is 0 Å². The number of nitrogens with zero attached hydrogens (tertiary/aromatic N) is 3. The zero-order valence-electron chi connectivity index (χ0n) is 16.7. The molecule has 0 aliphatic rings. The number of carbonyl (C=O) groups is 1. The topological polar surface area (TPSA) is 105 Å². The van der Waals surface area contributed by atoms with Crippen LogP contribution in [0.25, 0.3) is 0 Å². The van der Waals surface area contributed by atoms with Crippen LogP contribution >= 0.6 is 0 Å². The van der Waals surface area contributed by atoms with E-state index in [1.807, 2.05) is 30.3 Å². The third kappa shape index (κ3) is 5.66. The van der Waals surface area contributed by atoms with Crippen LogP contribution in [-0.2, 0) is 15.6 Å². The molecule has 1 N–H and O–H groups in total. The summed E-state index contributed by atoms with van der Waals surface area (Å²) in [6, 6.07) is 18.1. The van der Waals surface area contributed by atoms with Crippen molar-refractivity contribution in [3.05, 3.63) is 72.4 Å². The quantitative estimate of drug-likeness (QED) is 0.495. The molecule has 0 atom stereocenters. The average molecular weight is 429 g/mol. The van der Waals surface area contributed by atoms with Crippen molar-refractivity contribution in [2.24, 2.45) is 0 Å². The maximum atomic E-state index is 12.4. The molecule has 3 rings (SSSR count). The van der Waals surface area contributed by atoms with E-state index in [0.29, 0.717) is 6.54 Å². The van der Waals surface area contributed by atoms with E-state index in [1.54, 1.807) is 18.2 Å². The molecule has 8 nitrogen and oxygen atoms in total. The van der Waals surface area contributed by atoms with Crippen LogP contribution < -0.4 is 10.2 Å². The number of amides is 1. The molecule has 0 spiro atoms. The van der Waals surface area contributed by atoms with Crippen molar-refractivity contribution in [3.63, 3.8) is 0 Å². The average Bonchev–Trinajstić information content (AvgIpc) is 3.23. The number of nitrogens with one attached hydrogen (secondary N) is 1. The summed E-state index contributed by atoms with van der Waals surface area (Å²) in [4.78, 5) is 18.5. The van der Waals surface area contributed by atoms with Gasteiger partial charge in [-0.2, -0.15) is 4.98 Å². The number of rotatable bonds is 10. The van der Waals surface area contributed by atoms with Crippen LogP contribution in [0.5, 0.6) is 0 Å². The van der Waals surface area contributed by atoms with Crippen LogP contribution in [0.15, 0.2) is 70.1 Å². The lowest BCUT2D eigenvalue weighted by Gasteiger charge is -2.22. The van der Waals surface area contributed by atoms with E-state index >= 15 is 0 Å². The first-order valence-electron chi connectivity index (χ1n) is 9.68. The van der Waals surface area contributed by atoms with Crippen LogP contribution in [-0.4, -0.2) is 44.1 Å². The van der Waals surface area contributed by atoms with Crippen molar-refractivity contribution in [3.8, 4) is 0 Å². The summed E-state index contributed by atoms with van der Waals surface area (Å²) >= 11 is 0. The lowest BCUT2D eigenvalue weighted by molar-refractivity contribution is 0.0909. The highest BCUT2D eigenvalue weighted by Gasteiger charge is 2.21. The predicted molar refractivity (Wildman–Crippen MR) is 113 cm³/mol. The third-order valence-corrected chi connectivity index (χ3v) is 6.11.